The zero-order chi connectivity index (χ0) is 10.2. The zero-order valence-corrected chi connectivity index (χ0v) is 8.15. The highest BCUT2D eigenvalue weighted by atomic mass is 16.5. The maximum Gasteiger partial charge on any atom is 0.0852 e. The molecule has 1 fully saturated rings. The van der Waals surface area contributed by atoms with Gasteiger partial charge in [-0.1, -0.05) is 0 Å². The van der Waals surface area contributed by atoms with Gasteiger partial charge in [-0.05, 0) is 25.0 Å². The van der Waals surface area contributed by atoms with E-state index in [0.717, 1.165) is 13.2 Å². The summed E-state index contributed by atoms with van der Waals surface area (Å²) >= 11 is 0. The predicted molar refractivity (Wildman–Crippen MR) is 54.6 cm³/mol. The van der Waals surface area contributed by atoms with Crippen molar-refractivity contribution in [1.29, 1.82) is 0 Å². The molecule has 1 aromatic heterocycles. The molecule has 78 valence electrons. The lowest BCUT2D eigenvalue weighted by atomic mass is 10.3. The number of nitrogens with zero attached hydrogens (tertiary/aromatic N) is 1. The Morgan fingerprint density at radius 3 is 2.43 bits per heavy atom. The van der Waals surface area contributed by atoms with Crippen LogP contribution >= 0.6 is 0 Å². The van der Waals surface area contributed by atoms with Crippen LogP contribution < -0.4 is 5.73 Å². The van der Waals surface area contributed by atoms with Gasteiger partial charge in [-0.3, -0.25) is 4.98 Å². The topological polar surface area (TPSA) is 68.4 Å². The first-order chi connectivity index (χ1) is 6.83. The Kier molecular flexibility index (Phi) is 4.96. The highest BCUT2D eigenvalue weighted by molar-refractivity contribution is 5.34. The molecule has 0 spiro atoms. The highest BCUT2D eigenvalue weighted by Crippen LogP contribution is 1.99. The van der Waals surface area contributed by atoms with Gasteiger partial charge in [0.05, 0.1) is 24.2 Å². The van der Waals surface area contributed by atoms with Crippen molar-refractivity contribution in [3.63, 3.8) is 0 Å². The third-order valence-corrected chi connectivity index (χ3v) is 1.84. The molecule has 4 heteroatoms. The van der Waals surface area contributed by atoms with E-state index in [1.54, 1.807) is 12.1 Å². The number of aromatic nitrogens is 1. The van der Waals surface area contributed by atoms with E-state index in [1.165, 1.54) is 19.0 Å². The lowest BCUT2D eigenvalue weighted by Crippen LogP contribution is -1.90. The minimum absolute atomic E-state index is 0.0275. The Labute approximate surface area is 83.7 Å². The van der Waals surface area contributed by atoms with Gasteiger partial charge < -0.3 is 15.6 Å². The Morgan fingerprint density at radius 2 is 2.07 bits per heavy atom. The van der Waals surface area contributed by atoms with E-state index < -0.39 is 0 Å². The van der Waals surface area contributed by atoms with E-state index in [1.807, 2.05) is 0 Å². The number of hydrogen-bond donors (Lipinski definition) is 2. The lowest BCUT2D eigenvalue weighted by molar-refractivity contribution is 0.198. The third kappa shape index (κ3) is 4.20. The van der Waals surface area contributed by atoms with E-state index in [9.17, 15) is 0 Å². The number of nitrogen functional groups attached to an aromatic ring is 1. The Morgan fingerprint density at radius 1 is 1.36 bits per heavy atom. The predicted octanol–water partition coefficient (Wildman–Crippen LogP) is 0.953. The molecular weight excluding hydrogens is 180 g/mol. The third-order valence-electron chi connectivity index (χ3n) is 1.84. The average Bonchev–Trinajstić information content (AvgIpc) is 2.77. The van der Waals surface area contributed by atoms with Crippen molar-refractivity contribution in [3.8, 4) is 0 Å². The minimum Gasteiger partial charge on any atom is -0.397 e. The summed E-state index contributed by atoms with van der Waals surface area (Å²) in [6, 6.07) is 3.40. The molecule has 0 atom stereocenters. The first-order valence-electron chi connectivity index (χ1n) is 4.72. The van der Waals surface area contributed by atoms with Crippen LogP contribution in [-0.4, -0.2) is 23.3 Å². The van der Waals surface area contributed by atoms with Gasteiger partial charge in [0.1, 0.15) is 0 Å². The fraction of sp³-hybridized carbons (Fsp3) is 0.500. The van der Waals surface area contributed by atoms with Crippen molar-refractivity contribution in [2.24, 2.45) is 0 Å². The molecule has 0 unspecified atom stereocenters. The van der Waals surface area contributed by atoms with Crippen molar-refractivity contribution < 1.29 is 9.84 Å². The fourth-order valence-electron chi connectivity index (χ4n) is 1.04. The quantitative estimate of drug-likeness (QED) is 0.701. The molecule has 4 nitrogen and oxygen atoms in total. The first kappa shape index (κ1) is 10.9. The molecule has 0 amide bonds. The molecule has 1 aromatic rings. The van der Waals surface area contributed by atoms with Gasteiger partial charge in [-0.15, -0.1) is 0 Å². The number of aliphatic hydroxyl groups excluding tert-OH is 1. The Balaban J connectivity index is 0.000000165. The minimum atomic E-state index is -0.0275. The van der Waals surface area contributed by atoms with Crippen LogP contribution in [0.3, 0.4) is 0 Å². The van der Waals surface area contributed by atoms with E-state index >= 15 is 0 Å². The van der Waals surface area contributed by atoms with Crippen LogP contribution in [0.2, 0.25) is 0 Å². The summed E-state index contributed by atoms with van der Waals surface area (Å²) in [7, 11) is 0. The molecule has 3 N–H and O–H groups in total. The van der Waals surface area contributed by atoms with Crippen molar-refractivity contribution in [1.82, 2.24) is 4.98 Å². The van der Waals surface area contributed by atoms with Crippen molar-refractivity contribution in [2.75, 3.05) is 18.9 Å². The summed E-state index contributed by atoms with van der Waals surface area (Å²) in [6.45, 7) is 1.97. The van der Waals surface area contributed by atoms with Gasteiger partial charge in [0, 0.05) is 13.2 Å². The Bertz CT molecular complexity index is 237. The summed E-state index contributed by atoms with van der Waals surface area (Å²) in [5, 5.41) is 8.53. The number of anilines is 1. The van der Waals surface area contributed by atoms with Gasteiger partial charge in [0.15, 0.2) is 0 Å². The van der Waals surface area contributed by atoms with Crippen LogP contribution in [0.1, 0.15) is 18.5 Å². The first-order valence-corrected chi connectivity index (χ1v) is 4.72. The second-order valence-electron chi connectivity index (χ2n) is 3.06. The van der Waals surface area contributed by atoms with Crippen LogP contribution in [0.15, 0.2) is 18.3 Å². The number of pyridine rings is 1. The lowest BCUT2D eigenvalue weighted by Gasteiger charge is -1.93. The summed E-state index contributed by atoms with van der Waals surface area (Å²) < 4.78 is 4.94. The van der Waals surface area contributed by atoms with Gasteiger partial charge in [0.2, 0.25) is 0 Å². The zero-order valence-electron chi connectivity index (χ0n) is 8.15. The summed E-state index contributed by atoms with van der Waals surface area (Å²) in [5.74, 6) is 0. The van der Waals surface area contributed by atoms with Crippen LogP contribution in [0, 0.1) is 0 Å². The smallest absolute Gasteiger partial charge is 0.0852 e. The van der Waals surface area contributed by atoms with Gasteiger partial charge >= 0.3 is 0 Å². The molecule has 1 aliphatic rings. The van der Waals surface area contributed by atoms with E-state index in [-0.39, 0.29) is 6.61 Å². The molecule has 2 rings (SSSR count). The van der Waals surface area contributed by atoms with E-state index in [0.29, 0.717) is 11.4 Å². The maximum absolute atomic E-state index is 8.53. The average molecular weight is 196 g/mol. The normalized spacial score (nSPS) is 14.6. The molecule has 0 aromatic carbocycles. The largest absolute Gasteiger partial charge is 0.397 e. The monoisotopic (exact) mass is 196 g/mol. The number of hydrogen-bond acceptors (Lipinski definition) is 4. The molecule has 0 saturated carbocycles. The van der Waals surface area contributed by atoms with Crippen molar-refractivity contribution >= 4 is 5.69 Å². The Hall–Kier alpha value is -1.13. The standard InChI is InChI=1S/C6H8N2O.C4H8O/c7-5-1-2-6(4-9)8-3-5;1-2-4-5-3-1/h1-3,9H,4,7H2;1-4H2. The molecule has 0 radical (unpaired) electrons. The SMILES string of the molecule is C1CCOC1.Nc1ccc(CO)nc1. The molecule has 0 aliphatic carbocycles. The van der Waals surface area contributed by atoms with Crippen molar-refractivity contribution in [2.45, 2.75) is 19.4 Å². The van der Waals surface area contributed by atoms with Crippen LogP contribution in [0.4, 0.5) is 5.69 Å². The van der Waals surface area contributed by atoms with Crippen LogP contribution in [-0.2, 0) is 11.3 Å². The van der Waals surface area contributed by atoms with Crippen LogP contribution in [0.5, 0.6) is 0 Å². The van der Waals surface area contributed by atoms with E-state index in [4.69, 9.17) is 15.6 Å². The maximum atomic E-state index is 8.53. The van der Waals surface area contributed by atoms with Crippen molar-refractivity contribution in [3.05, 3.63) is 24.0 Å². The number of ether oxygens (including phenoxy) is 1. The summed E-state index contributed by atoms with van der Waals surface area (Å²) in [6.07, 6.45) is 4.07. The number of nitrogens with two attached hydrogens (primary N) is 1. The number of aliphatic hydroxyl groups is 1. The molecule has 1 saturated heterocycles. The van der Waals surface area contributed by atoms with Gasteiger partial charge in [0.25, 0.3) is 0 Å². The van der Waals surface area contributed by atoms with E-state index in [2.05, 4.69) is 4.98 Å². The molecule has 1 aliphatic heterocycles. The molecular formula is C10H16N2O2. The molecule has 0 bridgehead atoms. The second-order valence-corrected chi connectivity index (χ2v) is 3.06. The molecule has 2 heterocycles. The highest BCUT2D eigenvalue weighted by Gasteiger charge is 1.94. The van der Waals surface area contributed by atoms with Gasteiger partial charge in [-0.2, -0.15) is 0 Å². The molecule has 14 heavy (non-hydrogen) atoms. The van der Waals surface area contributed by atoms with Gasteiger partial charge in [-0.25, -0.2) is 0 Å². The number of rotatable bonds is 1. The van der Waals surface area contributed by atoms with Crippen LogP contribution in [0.25, 0.3) is 0 Å². The second kappa shape index (κ2) is 6.34. The summed E-state index contributed by atoms with van der Waals surface area (Å²) in [5.41, 5.74) is 6.60. The summed E-state index contributed by atoms with van der Waals surface area (Å²) in [4.78, 5) is 3.82. The fourth-order valence-corrected chi connectivity index (χ4v) is 1.04.